The van der Waals surface area contributed by atoms with Gasteiger partial charge >= 0.3 is 6.36 Å². The van der Waals surface area contributed by atoms with Crippen LogP contribution in [0.4, 0.5) is 18.9 Å². The third-order valence-corrected chi connectivity index (χ3v) is 2.89. The van der Waals surface area contributed by atoms with Gasteiger partial charge in [-0.1, -0.05) is 0 Å². The highest BCUT2D eigenvalue weighted by Crippen LogP contribution is 2.24. The average Bonchev–Trinajstić information content (AvgIpc) is 2.93. The van der Waals surface area contributed by atoms with Crippen molar-refractivity contribution in [1.82, 2.24) is 9.55 Å². The van der Waals surface area contributed by atoms with E-state index in [4.69, 9.17) is 0 Å². The van der Waals surface area contributed by atoms with Crippen molar-refractivity contribution >= 4 is 11.6 Å². The number of halogens is 3. The number of carbonyl (C=O) groups is 1. The number of ether oxygens (including phenoxy) is 1. The van der Waals surface area contributed by atoms with Gasteiger partial charge in [0.1, 0.15) is 5.75 Å². The molecule has 0 bridgehead atoms. The number of imidazole rings is 1. The Kier molecular flexibility index (Phi) is 4.69. The zero-order valence-corrected chi connectivity index (χ0v) is 11.7. The fourth-order valence-corrected chi connectivity index (χ4v) is 1.86. The summed E-state index contributed by atoms with van der Waals surface area (Å²) < 4.78 is 41.6. The first-order valence-electron chi connectivity index (χ1n) is 6.46. The topological polar surface area (TPSA) is 56.1 Å². The van der Waals surface area contributed by atoms with Gasteiger partial charge in [0.15, 0.2) is 0 Å². The molecule has 1 aromatic carbocycles. The van der Waals surface area contributed by atoms with Crippen LogP contribution in [0.5, 0.6) is 5.75 Å². The Bertz CT molecular complexity index is 609. The van der Waals surface area contributed by atoms with Crippen LogP contribution in [0, 0.1) is 0 Å². The molecule has 0 saturated carbocycles. The quantitative estimate of drug-likeness (QED) is 0.921. The predicted octanol–water partition coefficient (Wildman–Crippen LogP) is 3.37. The molecule has 1 heterocycles. The molecule has 0 unspecified atom stereocenters. The van der Waals surface area contributed by atoms with Crippen molar-refractivity contribution in [3.63, 3.8) is 0 Å². The first kappa shape index (κ1) is 15.9. The van der Waals surface area contributed by atoms with E-state index in [2.05, 4.69) is 15.0 Å². The molecule has 0 aliphatic rings. The number of benzene rings is 1. The minimum Gasteiger partial charge on any atom is -0.406 e. The van der Waals surface area contributed by atoms with Crippen LogP contribution in [0.15, 0.2) is 43.0 Å². The van der Waals surface area contributed by atoms with Gasteiger partial charge in [0.25, 0.3) is 0 Å². The van der Waals surface area contributed by atoms with E-state index in [0.29, 0.717) is 5.69 Å². The van der Waals surface area contributed by atoms with Crippen molar-refractivity contribution < 1.29 is 22.7 Å². The number of aromatic nitrogens is 2. The number of anilines is 1. The van der Waals surface area contributed by atoms with Crippen LogP contribution in [-0.4, -0.2) is 21.8 Å². The van der Waals surface area contributed by atoms with Crippen molar-refractivity contribution in [3.8, 4) is 5.75 Å². The number of hydrogen-bond acceptors (Lipinski definition) is 3. The van der Waals surface area contributed by atoms with E-state index in [1.165, 1.54) is 12.1 Å². The maximum absolute atomic E-state index is 12.0. The molecule has 5 nitrogen and oxygen atoms in total. The smallest absolute Gasteiger partial charge is 0.406 e. The number of alkyl halides is 3. The number of nitrogens with zero attached hydrogens (tertiary/aromatic N) is 2. The van der Waals surface area contributed by atoms with Gasteiger partial charge in [-0.15, -0.1) is 13.2 Å². The van der Waals surface area contributed by atoms with E-state index in [1.807, 2.05) is 6.92 Å². The lowest BCUT2D eigenvalue weighted by Crippen LogP contribution is -2.18. The largest absolute Gasteiger partial charge is 0.573 e. The maximum atomic E-state index is 12.0. The normalized spacial score (nSPS) is 12.7. The molecule has 0 aliphatic heterocycles. The van der Waals surface area contributed by atoms with Gasteiger partial charge in [-0.25, -0.2) is 4.98 Å². The van der Waals surface area contributed by atoms with Gasteiger partial charge < -0.3 is 14.6 Å². The Hall–Kier alpha value is -2.51. The lowest BCUT2D eigenvalue weighted by Gasteiger charge is -2.13. The van der Waals surface area contributed by atoms with E-state index in [0.717, 1.165) is 12.1 Å². The van der Waals surface area contributed by atoms with Gasteiger partial charge in [-0.05, 0) is 31.2 Å². The Balaban J connectivity index is 1.89. The second-order valence-electron chi connectivity index (χ2n) is 4.68. The SMILES string of the molecule is C[C@@H](CC(=O)Nc1ccc(OC(F)(F)F)cc1)n1ccnc1. The molecule has 0 radical (unpaired) electrons. The second kappa shape index (κ2) is 6.50. The van der Waals surface area contributed by atoms with Crippen LogP contribution in [-0.2, 0) is 4.79 Å². The van der Waals surface area contributed by atoms with E-state index in [9.17, 15) is 18.0 Å². The lowest BCUT2D eigenvalue weighted by atomic mass is 10.2. The standard InChI is InChI=1S/C14H14F3N3O2/c1-10(20-7-6-18-9-20)8-13(21)19-11-2-4-12(5-3-11)22-14(15,16)17/h2-7,9-10H,8H2,1H3,(H,19,21)/t10-/m0/s1. The highest BCUT2D eigenvalue weighted by Gasteiger charge is 2.30. The highest BCUT2D eigenvalue weighted by atomic mass is 19.4. The molecule has 0 aliphatic carbocycles. The van der Waals surface area contributed by atoms with Crippen molar-refractivity contribution in [3.05, 3.63) is 43.0 Å². The Morgan fingerprint density at radius 1 is 1.36 bits per heavy atom. The van der Waals surface area contributed by atoms with Crippen molar-refractivity contribution in [2.45, 2.75) is 25.7 Å². The maximum Gasteiger partial charge on any atom is 0.573 e. The van der Waals surface area contributed by atoms with Crippen LogP contribution in [0.25, 0.3) is 0 Å². The minimum absolute atomic E-state index is 0.0738. The Labute approximate surface area is 124 Å². The highest BCUT2D eigenvalue weighted by molar-refractivity contribution is 5.90. The molecule has 0 saturated heterocycles. The predicted molar refractivity (Wildman–Crippen MR) is 73.3 cm³/mol. The first-order valence-corrected chi connectivity index (χ1v) is 6.46. The summed E-state index contributed by atoms with van der Waals surface area (Å²) in [5.74, 6) is -0.581. The second-order valence-corrected chi connectivity index (χ2v) is 4.68. The van der Waals surface area contributed by atoms with E-state index in [-0.39, 0.29) is 24.1 Å². The van der Waals surface area contributed by atoms with Gasteiger partial charge in [0.05, 0.1) is 6.33 Å². The van der Waals surface area contributed by atoms with Gasteiger partial charge in [-0.2, -0.15) is 0 Å². The Morgan fingerprint density at radius 3 is 2.59 bits per heavy atom. The summed E-state index contributed by atoms with van der Waals surface area (Å²) >= 11 is 0. The van der Waals surface area contributed by atoms with E-state index >= 15 is 0 Å². The molecule has 8 heteroatoms. The van der Waals surface area contributed by atoms with Gasteiger partial charge in [-0.3, -0.25) is 4.79 Å². The van der Waals surface area contributed by atoms with Gasteiger partial charge in [0, 0.05) is 30.5 Å². The monoisotopic (exact) mass is 313 g/mol. The molecule has 1 amide bonds. The van der Waals surface area contributed by atoms with Gasteiger partial charge in [0.2, 0.25) is 5.91 Å². The minimum atomic E-state index is -4.73. The fraction of sp³-hybridized carbons (Fsp3) is 0.286. The van der Waals surface area contributed by atoms with Crippen molar-refractivity contribution in [2.24, 2.45) is 0 Å². The average molecular weight is 313 g/mol. The summed E-state index contributed by atoms with van der Waals surface area (Å²) in [6.45, 7) is 1.86. The number of nitrogens with one attached hydrogen (secondary N) is 1. The number of amides is 1. The molecule has 1 aromatic heterocycles. The summed E-state index contributed by atoms with van der Waals surface area (Å²) in [4.78, 5) is 15.8. The molecule has 1 N–H and O–H groups in total. The summed E-state index contributed by atoms with van der Waals surface area (Å²) in [5.41, 5.74) is 0.400. The number of rotatable bonds is 5. The van der Waals surface area contributed by atoms with Crippen LogP contribution in [0.2, 0.25) is 0 Å². The molecule has 22 heavy (non-hydrogen) atoms. The summed E-state index contributed by atoms with van der Waals surface area (Å²) in [7, 11) is 0. The number of hydrogen-bond donors (Lipinski definition) is 1. The molecule has 2 rings (SSSR count). The van der Waals surface area contributed by atoms with E-state index < -0.39 is 6.36 Å². The Morgan fingerprint density at radius 2 is 2.05 bits per heavy atom. The van der Waals surface area contributed by atoms with Crippen molar-refractivity contribution in [2.75, 3.05) is 5.32 Å². The van der Waals surface area contributed by atoms with Crippen LogP contribution < -0.4 is 10.1 Å². The first-order chi connectivity index (χ1) is 10.3. The molecule has 1 atom stereocenters. The number of carbonyl (C=O) groups excluding carboxylic acids is 1. The zero-order valence-electron chi connectivity index (χ0n) is 11.7. The third-order valence-electron chi connectivity index (χ3n) is 2.89. The van der Waals surface area contributed by atoms with E-state index in [1.54, 1.807) is 23.3 Å². The van der Waals surface area contributed by atoms with Crippen LogP contribution >= 0.6 is 0 Å². The lowest BCUT2D eigenvalue weighted by molar-refractivity contribution is -0.274. The third kappa shape index (κ3) is 4.80. The molecule has 0 spiro atoms. The molecular formula is C14H14F3N3O2. The zero-order chi connectivity index (χ0) is 16.2. The van der Waals surface area contributed by atoms with Crippen LogP contribution in [0.3, 0.4) is 0 Å². The fourth-order valence-electron chi connectivity index (χ4n) is 1.86. The van der Waals surface area contributed by atoms with Crippen LogP contribution in [0.1, 0.15) is 19.4 Å². The molecule has 2 aromatic rings. The molecule has 118 valence electrons. The molecule has 0 fully saturated rings. The van der Waals surface area contributed by atoms with Crippen molar-refractivity contribution in [1.29, 1.82) is 0 Å². The summed E-state index contributed by atoms with van der Waals surface area (Å²) in [6, 6.07) is 4.90. The molecular weight excluding hydrogens is 299 g/mol. The summed E-state index contributed by atoms with van der Waals surface area (Å²) in [6.07, 6.45) is 0.471. The summed E-state index contributed by atoms with van der Waals surface area (Å²) in [5, 5.41) is 2.62.